The van der Waals surface area contributed by atoms with E-state index in [-0.39, 0.29) is 11.3 Å². The molecule has 0 bridgehead atoms. The summed E-state index contributed by atoms with van der Waals surface area (Å²) in [6.45, 7) is 6.68. The Morgan fingerprint density at radius 3 is 2.64 bits per heavy atom. The maximum absolute atomic E-state index is 13.0. The molecule has 2 aromatic heterocycles. The molecular formula is C21H27N3O3S. The number of aryl methyl sites for hydroxylation is 2. The average Bonchev–Trinajstić information content (AvgIpc) is 3.21. The summed E-state index contributed by atoms with van der Waals surface area (Å²) >= 11 is 1.47. The number of primary amides is 1. The molecule has 2 aromatic rings. The van der Waals surface area contributed by atoms with Gasteiger partial charge in [-0.05, 0) is 55.4 Å². The van der Waals surface area contributed by atoms with Gasteiger partial charge in [-0.2, -0.15) is 0 Å². The summed E-state index contributed by atoms with van der Waals surface area (Å²) in [4.78, 5) is 26.2. The number of nitrogens with two attached hydrogens (primary N) is 1. The van der Waals surface area contributed by atoms with Crippen LogP contribution >= 0.6 is 11.3 Å². The molecule has 0 saturated carbocycles. The number of hydrogen-bond acceptors (Lipinski definition) is 5. The summed E-state index contributed by atoms with van der Waals surface area (Å²) in [6, 6.07) is 0. The van der Waals surface area contributed by atoms with E-state index in [1.807, 2.05) is 0 Å². The molecule has 0 spiro atoms. The van der Waals surface area contributed by atoms with E-state index in [0.29, 0.717) is 22.2 Å². The summed E-state index contributed by atoms with van der Waals surface area (Å²) < 4.78 is 5.47. The Balaban J connectivity index is 1.62. The van der Waals surface area contributed by atoms with Gasteiger partial charge in [0.25, 0.3) is 11.8 Å². The van der Waals surface area contributed by atoms with Gasteiger partial charge in [-0.25, -0.2) is 0 Å². The molecule has 2 aliphatic rings. The first-order chi connectivity index (χ1) is 13.3. The summed E-state index contributed by atoms with van der Waals surface area (Å²) in [7, 11) is 0. The topological polar surface area (TPSA) is 98.2 Å². The minimum absolute atomic E-state index is 0.161. The van der Waals surface area contributed by atoms with Crippen molar-refractivity contribution in [3.63, 3.8) is 0 Å². The molecule has 150 valence electrons. The minimum Gasteiger partial charge on any atom is -0.365 e. The summed E-state index contributed by atoms with van der Waals surface area (Å²) in [5.74, 6) is 0.484. The Morgan fingerprint density at radius 1 is 1.18 bits per heavy atom. The van der Waals surface area contributed by atoms with Crippen LogP contribution in [0, 0.1) is 11.3 Å². The Morgan fingerprint density at radius 2 is 1.93 bits per heavy atom. The van der Waals surface area contributed by atoms with Gasteiger partial charge >= 0.3 is 0 Å². The van der Waals surface area contributed by atoms with Crippen molar-refractivity contribution < 1.29 is 14.1 Å². The predicted octanol–water partition coefficient (Wildman–Crippen LogP) is 4.12. The first-order valence-corrected chi connectivity index (χ1v) is 10.8. The van der Waals surface area contributed by atoms with E-state index in [1.165, 1.54) is 11.3 Å². The summed E-state index contributed by atoms with van der Waals surface area (Å²) in [5, 5.41) is 7.53. The second kappa shape index (κ2) is 7.03. The van der Waals surface area contributed by atoms with Crippen LogP contribution in [0.4, 0.5) is 5.00 Å². The predicted molar refractivity (Wildman–Crippen MR) is 109 cm³/mol. The lowest BCUT2D eigenvalue weighted by molar-refractivity contribution is 0.100. The van der Waals surface area contributed by atoms with Crippen LogP contribution in [0.3, 0.4) is 0 Å². The average molecular weight is 402 g/mol. The van der Waals surface area contributed by atoms with Crippen molar-refractivity contribution in [2.75, 3.05) is 5.32 Å². The van der Waals surface area contributed by atoms with E-state index in [0.717, 1.165) is 66.7 Å². The van der Waals surface area contributed by atoms with Crippen LogP contribution in [0.25, 0.3) is 0 Å². The van der Waals surface area contributed by atoms with E-state index in [9.17, 15) is 9.59 Å². The highest BCUT2D eigenvalue weighted by Crippen LogP contribution is 2.40. The maximum Gasteiger partial charge on any atom is 0.278 e. The number of amides is 2. The number of rotatable bonds is 3. The number of nitrogens with one attached hydrogen (secondary N) is 1. The van der Waals surface area contributed by atoms with Gasteiger partial charge in [0, 0.05) is 16.9 Å². The molecule has 3 N–H and O–H groups in total. The third kappa shape index (κ3) is 3.36. The van der Waals surface area contributed by atoms with Crippen LogP contribution in [0.2, 0.25) is 0 Å². The molecule has 6 nitrogen and oxygen atoms in total. The lowest BCUT2D eigenvalue weighted by atomic mass is 9.71. The number of nitrogens with zero attached hydrogens (tertiary/aromatic N) is 1. The SMILES string of the molecule is CC(C)(C)[C@@H]1CCc2onc(C(=O)Nc3sc4c(c3C(N)=O)CCCC4)c2C1. The van der Waals surface area contributed by atoms with Crippen molar-refractivity contribution in [3.05, 3.63) is 33.0 Å². The minimum atomic E-state index is -0.482. The third-order valence-corrected chi connectivity index (χ3v) is 7.33. The van der Waals surface area contributed by atoms with Gasteiger partial charge in [-0.1, -0.05) is 25.9 Å². The quantitative estimate of drug-likeness (QED) is 0.808. The smallest absolute Gasteiger partial charge is 0.278 e. The Bertz CT molecular complexity index is 936. The number of carbonyl (C=O) groups excluding carboxylic acids is 2. The van der Waals surface area contributed by atoms with Crippen LogP contribution in [0.15, 0.2) is 4.52 Å². The van der Waals surface area contributed by atoms with Crippen molar-refractivity contribution >= 4 is 28.2 Å². The maximum atomic E-state index is 13.0. The molecule has 7 heteroatoms. The second-order valence-electron chi connectivity index (χ2n) is 8.97. The van der Waals surface area contributed by atoms with Crippen LogP contribution in [-0.2, 0) is 25.7 Å². The molecule has 28 heavy (non-hydrogen) atoms. The standard InChI is InChI=1S/C21H27N3O3S/c1-21(2,3)11-8-9-14-13(10-11)17(24-27-14)19(26)23-20-16(18(22)25)12-6-4-5-7-15(12)28-20/h11H,4-10H2,1-3H3,(H2,22,25)(H,23,26)/t11-/m1/s1. The van der Waals surface area contributed by atoms with Gasteiger partial charge in [-0.3, -0.25) is 9.59 Å². The van der Waals surface area contributed by atoms with E-state index >= 15 is 0 Å². The number of hydrogen-bond donors (Lipinski definition) is 2. The lowest BCUT2D eigenvalue weighted by Crippen LogP contribution is -2.28. The molecular weight excluding hydrogens is 374 g/mol. The monoisotopic (exact) mass is 401 g/mol. The molecule has 2 heterocycles. The number of anilines is 1. The van der Waals surface area contributed by atoms with Crippen molar-refractivity contribution in [1.82, 2.24) is 5.16 Å². The molecule has 2 amide bonds. The molecule has 0 aliphatic heterocycles. The number of carbonyl (C=O) groups is 2. The highest BCUT2D eigenvalue weighted by Gasteiger charge is 2.34. The third-order valence-electron chi connectivity index (χ3n) is 6.12. The van der Waals surface area contributed by atoms with Gasteiger partial charge in [0.15, 0.2) is 5.69 Å². The second-order valence-corrected chi connectivity index (χ2v) is 10.1. The lowest BCUT2D eigenvalue weighted by Gasteiger charge is -2.33. The zero-order valence-electron chi connectivity index (χ0n) is 16.7. The fourth-order valence-corrected chi connectivity index (χ4v) is 5.69. The Labute approximate surface area is 168 Å². The molecule has 0 unspecified atom stereocenters. The molecule has 0 fully saturated rings. The molecule has 2 aliphatic carbocycles. The van der Waals surface area contributed by atoms with Crippen molar-refractivity contribution in [3.8, 4) is 0 Å². The highest BCUT2D eigenvalue weighted by molar-refractivity contribution is 7.17. The van der Waals surface area contributed by atoms with Gasteiger partial charge in [-0.15, -0.1) is 11.3 Å². The van der Waals surface area contributed by atoms with E-state index in [4.69, 9.17) is 10.3 Å². The molecule has 0 radical (unpaired) electrons. The van der Waals surface area contributed by atoms with E-state index < -0.39 is 5.91 Å². The van der Waals surface area contributed by atoms with Crippen LogP contribution < -0.4 is 11.1 Å². The number of aromatic nitrogens is 1. The summed E-state index contributed by atoms with van der Waals surface area (Å²) in [5.41, 5.74) is 8.52. The van der Waals surface area contributed by atoms with E-state index in [1.54, 1.807) is 0 Å². The van der Waals surface area contributed by atoms with Gasteiger partial charge in [0.1, 0.15) is 10.8 Å². The fraction of sp³-hybridized carbons (Fsp3) is 0.571. The molecule has 4 rings (SSSR count). The van der Waals surface area contributed by atoms with Crippen LogP contribution in [-0.4, -0.2) is 17.0 Å². The summed E-state index contributed by atoms with van der Waals surface area (Å²) in [6.07, 6.45) is 6.55. The zero-order chi connectivity index (χ0) is 20.1. The highest BCUT2D eigenvalue weighted by atomic mass is 32.1. The van der Waals surface area contributed by atoms with E-state index in [2.05, 4.69) is 31.2 Å². The first-order valence-electron chi connectivity index (χ1n) is 9.98. The van der Waals surface area contributed by atoms with Gasteiger partial charge in [0.05, 0.1) is 5.56 Å². The zero-order valence-corrected chi connectivity index (χ0v) is 17.5. The van der Waals surface area contributed by atoms with Crippen LogP contribution in [0.1, 0.15) is 82.6 Å². The van der Waals surface area contributed by atoms with Crippen molar-refractivity contribution in [1.29, 1.82) is 0 Å². The first kappa shape index (κ1) is 19.2. The number of fused-ring (bicyclic) bond motifs is 2. The molecule has 1 atom stereocenters. The van der Waals surface area contributed by atoms with Gasteiger partial charge < -0.3 is 15.6 Å². The van der Waals surface area contributed by atoms with Crippen LogP contribution in [0.5, 0.6) is 0 Å². The Hall–Kier alpha value is -2.15. The largest absolute Gasteiger partial charge is 0.365 e. The molecule has 0 saturated heterocycles. The molecule has 0 aromatic carbocycles. The van der Waals surface area contributed by atoms with Crippen molar-refractivity contribution in [2.45, 2.75) is 65.7 Å². The fourth-order valence-electron chi connectivity index (χ4n) is 4.40. The van der Waals surface area contributed by atoms with Crippen molar-refractivity contribution in [2.24, 2.45) is 17.1 Å². The Kier molecular flexibility index (Phi) is 4.81. The van der Waals surface area contributed by atoms with Gasteiger partial charge in [0.2, 0.25) is 0 Å². The number of thiophene rings is 1. The normalized spacial score (nSPS) is 19.0.